The highest BCUT2D eigenvalue weighted by Crippen LogP contribution is 2.42. The molecule has 3 atom stereocenters. The van der Waals surface area contributed by atoms with E-state index in [1.54, 1.807) is 6.08 Å². The van der Waals surface area contributed by atoms with Crippen LogP contribution < -0.4 is 5.14 Å². The van der Waals surface area contributed by atoms with Crippen molar-refractivity contribution in [3.63, 3.8) is 0 Å². The zero-order valence-corrected chi connectivity index (χ0v) is 25.5. The van der Waals surface area contributed by atoms with E-state index >= 15 is 0 Å². The van der Waals surface area contributed by atoms with Gasteiger partial charge < -0.3 is 13.9 Å². The van der Waals surface area contributed by atoms with Gasteiger partial charge >= 0.3 is 10.3 Å². The quantitative estimate of drug-likeness (QED) is 0.237. The lowest BCUT2D eigenvalue weighted by Gasteiger charge is -2.43. The SMILES string of the molecule is CC(C)(C)[Si](C)(C)O[C@@H]1C=CO[C@H](COC(c2ccccc2)(c2ccccc2)c2ccccc2)[C@H]1OS(N)(=O)=O. The zero-order valence-electron chi connectivity index (χ0n) is 23.7. The Labute approximate surface area is 239 Å². The summed E-state index contributed by atoms with van der Waals surface area (Å²) in [5.41, 5.74) is 1.72. The molecule has 0 spiro atoms. The van der Waals surface area contributed by atoms with E-state index in [-0.39, 0.29) is 11.6 Å². The molecule has 3 aromatic carbocycles. The summed E-state index contributed by atoms with van der Waals surface area (Å²) in [5.74, 6) is 0. The summed E-state index contributed by atoms with van der Waals surface area (Å²) in [7, 11) is -6.64. The van der Waals surface area contributed by atoms with Gasteiger partial charge in [0.1, 0.15) is 11.7 Å². The van der Waals surface area contributed by atoms with E-state index in [0.29, 0.717) is 0 Å². The van der Waals surface area contributed by atoms with Gasteiger partial charge in [-0.15, -0.1) is 0 Å². The summed E-state index contributed by atoms with van der Waals surface area (Å²) in [6, 6.07) is 29.8. The second-order valence-corrected chi connectivity index (χ2v) is 17.4. The molecule has 4 rings (SSSR count). The van der Waals surface area contributed by atoms with E-state index in [1.165, 1.54) is 6.26 Å². The minimum absolute atomic E-state index is 0.0133. The number of ether oxygens (including phenoxy) is 2. The van der Waals surface area contributed by atoms with Gasteiger partial charge in [-0.05, 0) is 40.9 Å². The third-order valence-corrected chi connectivity index (χ3v) is 12.7. The smallest absolute Gasteiger partial charge is 0.333 e. The fourth-order valence-electron chi connectivity index (χ4n) is 4.63. The third kappa shape index (κ3) is 6.74. The highest BCUT2D eigenvalue weighted by atomic mass is 32.2. The monoisotopic (exact) mass is 581 g/mol. The molecule has 0 radical (unpaired) electrons. The first-order valence-electron chi connectivity index (χ1n) is 13.3. The summed E-state index contributed by atoms with van der Waals surface area (Å²) >= 11 is 0. The molecule has 40 heavy (non-hydrogen) atoms. The first kappa shape index (κ1) is 30.2. The van der Waals surface area contributed by atoms with Crippen molar-refractivity contribution < 1.29 is 26.5 Å². The normalized spacial score (nSPS) is 20.2. The van der Waals surface area contributed by atoms with Crippen LogP contribution >= 0.6 is 0 Å². The summed E-state index contributed by atoms with van der Waals surface area (Å²) in [6.45, 7) is 10.5. The van der Waals surface area contributed by atoms with Crippen molar-refractivity contribution in [2.75, 3.05) is 6.61 Å². The Hall–Kier alpha value is -2.79. The number of nitrogens with two attached hydrogens (primary N) is 1. The zero-order chi connectivity index (χ0) is 29.0. The molecular formula is C31H39NO6SSi. The molecule has 0 aromatic heterocycles. The average Bonchev–Trinajstić information content (AvgIpc) is 2.91. The lowest BCUT2D eigenvalue weighted by atomic mass is 9.80. The molecule has 3 aromatic rings. The summed E-state index contributed by atoms with van der Waals surface area (Å²) in [5, 5.41) is 5.27. The molecule has 7 nitrogen and oxygen atoms in total. The van der Waals surface area contributed by atoms with Crippen molar-refractivity contribution >= 4 is 18.6 Å². The number of hydrogen-bond donors (Lipinski definition) is 1. The van der Waals surface area contributed by atoms with E-state index in [1.807, 2.05) is 91.0 Å². The molecule has 0 saturated carbocycles. The van der Waals surface area contributed by atoms with Crippen LogP contribution in [0.4, 0.5) is 0 Å². The maximum Gasteiger partial charge on any atom is 0.333 e. The Bertz CT molecular complexity index is 1280. The highest BCUT2D eigenvalue weighted by Gasteiger charge is 2.46. The van der Waals surface area contributed by atoms with Crippen molar-refractivity contribution in [1.29, 1.82) is 0 Å². The van der Waals surface area contributed by atoms with Crippen LogP contribution in [0, 0.1) is 0 Å². The molecule has 0 aliphatic carbocycles. The van der Waals surface area contributed by atoms with Crippen LogP contribution in [0.5, 0.6) is 0 Å². The van der Waals surface area contributed by atoms with Crippen molar-refractivity contribution in [1.82, 2.24) is 0 Å². The first-order valence-corrected chi connectivity index (χ1v) is 17.7. The van der Waals surface area contributed by atoms with Gasteiger partial charge in [0.2, 0.25) is 0 Å². The van der Waals surface area contributed by atoms with E-state index in [0.717, 1.165) is 16.7 Å². The molecule has 0 amide bonds. The van der Waals surface area contributed by atoms with Crippen molar-refractivity contribution in [2.24, 2.45) is 5.14 Å². The van der Waals surface area contributed by atoms with Gasteiger partial charge in [0, 0.05) is 0 Å². The fraction of sp³-hybridized carbons (Fsp3) is 0.355. The Balaban J connectivity index is 1.76. The predicted molar refractivity (Wildman–Crippen MR) is 159 cm³/mol. The average molecular weight is 582 g/mol. The Morgan fingerprint density at radius 3 is 1.68 bits per heavy atom. The van der Waals surface area contributed by atoms with Crippen molar-refractivity contribution in [3.05, 3.63) is 120 Å². The largest absolute Gasteiger partial charge is 0.493 e. The van der Waals surface area contributed by atoms with Crippen LogP contribution in [0.2, 0.25) is 18.1 Å². The minimum Gasteiger partial charge on any atom is -0.493 e. The van der Waals surface area contributed by atoms with E-state index in [9.17, 15) is 8.42 Å². The van der Waals surface area contributed by atoms with Crippen LogP contribution in [-0.2, 0) is 34.0 Å². The lowest BCUT2D eigenvalue weighted by molar-refractivity contribution is -0.103. The van der Waals surface area contributed by atoms with Crippen molar-refractivity contribution in [3.8, 4) is 0 Å². The van der Waals surface area contributed by atoms with Crippen LogP contribution in [0.15, 0.2) is 103 Å². The molecule has 0 fully saturated rings. The highest BCUT2D eigenvalue weighted by molar-refractivity contribution is 7.84. The second kappa shape index (κ2) is 12.0. The van der Waals surface area contributed by atoms with Gasteiger partial charge in [-0.1, -0.05) is 112 Å². The van der Waals surface area contributed by atoms with Crippen LogP contribution in [0.1, 0.15) is 37.5 Å². The van der Waals surface area contributed by atoms with Gasteiger partial charge in [0.15, 0.2) is 14.4 Å². The van der Waals surface area contributed by atoms with Crippen LogP contribution in [0.3, 0.4) is 0 Å². The topological polar surface area (TPSA) is 97.1 Å². The molecule has 214 valence electrons. The molecule has 1 heterocycles. The third-order valence-electron chi connectivity index (χ3n) is 7.70. The Morgan fingerprint density at radius 1 is 0.825 bits per heavy atom. The first-order chi connectivity index (χ1) is 18.8. The van der Waals surface area contributed by atoms with Crippen LogP contribution in [0.25, 0.3) is 0 Å². The maximum absolute atomic E-state index is 12.2. The van der Waals surface area contributed by atoms with E-state index in [4.69, 9.17) is 23.2 Å². The second-order valence-electron chi connectivity index (χ2n) is 11.5. The summed E-state index contributed by atoms with van der Waals surface area (Å²) in [4.78, 5) is 0. The summed E-state index contributed by atoms with van der Waals surface area (Å²) < 4.78 is 49.3. The number of rotatable bonds is 10. The molecule has 9 heteroatoms. The van der Waals surface area contributed by atoms with Crippen molar-refractivity contribution in [2.45, 2.75) is 62.8 Å². The Kier molecular flexibility index (Phi) is 9.04. The number of benzene rings is 3. The maximum atomic E-state index is 12.2. The fourth-order valence-corrected chi connectivity index (χ4v) is 6.42. The van der Waals surface area contributed by atoms with Gasteiger partial charge in [0.05, 0.1) is 19.0 Å². The van der Waals surface area contributed by atoms with Gasteiger partial charge in [-0.25, -0.2) is 9.32 Å². The summed E-state index contributed by atoms with van der Waals surface area (Å²) in [6.07, 6.45) is 0.652. The molecule has 1 aliphatic rings. The molecule has 0 saturated heterocycles. The van der Waals surface area contributed by atoms with Gasteiger partial charge in [-0.3, -0.25) is 0 Å². The molecule has 0 bridgehead atoms. The predicted octanol–water partition coefficient (Wildman–Crippen LogP) is 5.89. The minimum atomic E-state index is -4.32. The van der Waals surface area contributed by atoms with Crippen LogP contribution in [-0.4, -0.2) is 41.7 Å². The molecule has 1 aliphatic heterocycles. The lowest BCUT2D eigenvalue weighted by Crippen LogP contribution is -2.54. The van der Waals surface area contributed by atoms with E-state index in [2.05, 4.69) is 33.9 Å². The molecule has 2 N–H and O–H groups in total. The Morgan fingerprint density at radius 2 is 1.27 bits per heavy atom. The molecule has 0 unspecified atom stereocenters. The molecular weight excluding hydrogens is 542 g/mol. The number of hydrogen-bond acceptors (Lipinski definition) is 6. The van der Waals surface area contributed by atoms with Gasteiger partial charge in [0.25, 0.3) is 0 Å². The van der Waals surface area contributed by atoms with E-state index < -0.39 is 42.5 Å². The standard InChI is InChI=1S/C31H39NO6SSi/c1-30(2,3)40(4,5)38-27-21-22-35-28(29(27)37-39(32,33)34)23-36-31(24-15-9-6-10-16-24,25-17-11-7-12-18-25)26-19-13-8-14-20-26/h6-22,27-29H,23H2,1-5H3,(H2,32,33,34)/t27-,28-,29+/m1/s1. The van der Waals surface area contributed by atoms with Gasteiger partial charge in [-0.2, -0.15) is 8.42 Å².